The van der Waals surface area contributed by atoms with Crippen molar-refractivity contribution in [2.24, 2.45) is 0 Å². The number of methoxy groups -OCH3 is 2. The lowest BCUT2D eigenvalue weighted by atomic mass is 10.2. The van der Waals surface area contributed by atoms with E-state index >= 15 is 0 Å². The molecule has 0 aromatic heterocycles. The number of nitriles is 1. The molecule has 0 atom stereocenters. The molecule has 118 valence electrons. The Morgan fingerprint density at radius 3 is 2.61 bits per heavy atom. The van der Waals surface area contributed by atoms with Crippen LogP contribution in [-0.4, -0.2) is 26.7 Å². The molecule has 2 rings (SSSR count). The van der Waals surface area contributed by atoms with Crippen molar-refractivity contribution in [2.75, 3.05) is 31.4 Å². The van der Waals surface area contributed by atoms with Gasteiger partial charge < -0.3 is 20.1 Å². The lowest BCUT2D eigenvalue weighted by Crippen LogP contribution is -2.22. The molecule has 2 N–H and O–H groups in total. The van der Waals surface area contributed by atoms with Gasteiger partial charge in [-0.15, -0.1) is 0 Å². The number of amides is 1. The molecule has 2 aromatic rings. The Labute approximate surface area is 134 Å². The van der Waals surface area contributed by atoms with E-state index in [9.17, 15) is 4.79 Å². The van der Waals surface area contributed by atoms with Crippen LogP contribution in [0.1, 0.15) is 5.56 Å². The molecular weight excluding hydrogens is 294 g/mol. The van der Waals surface area contributed by atoms with Crippen LogP contribution in [0.3, 0.4) is 0 Å². The van der Waals surface area contributed by atoms with E-state index in [1.807, 2.05) is 0 Å². The fourth-order valence-electron chi connectivity index (χ4n) is 2.02. The Kier molecular flexibility index (Phi) is 5.42. The van der Waals surface area contributed by atoms with Crippen molar-refractivity contribution in [1.82, 2.24) is 0 Å². The van der Waals surface area contributed by atoms with Crippen molar-refractivity contribution in [2.45, 2.75) is 0 Å². The molecular formula is C17H17N3O3. The zero-order valence-electron chi connectivity index (χ0n) is 12.9. The molecule has 0 saturated carbocycles. The van der Waals surface area contributed by atoms with Crippen molar-refractivity contribution < 1.29 is 14.3 Å². The van der Waals surface area contributed by atoms with Crippen LogP contribution in [0, 0.1) is 11.3 Å². The molecule has 0 aliphatic heterocycles. The van der Waals surface area contributed by atoms with E-state index in [2.05, 4.69) is 16.7 Å². The Morgan fingerprint density at radius 2 is 1.91 bits per heavy atom. The third-order valence-electron chi connectivity index (χ3n) is 3.17. The molecule has 0 saturated heterocycles. The number of para-hydroxylation sites is 1. The van der Waals surface area contributed by atoms with Crippen molar-refractivity contribution in [3.63, 3.8) is 0 Å². The first-order chi connectivity index (χ1) is 11.2. The second-order valence-corrected chi connectivity index (χ2v) is 4.63. The number of nitrogens with zero attached hydrogens (tertiary/aromatic N) is 1. The van der Waals surface area contributed by atoms with Gasteiger partial charge in [-0.2, -0.15) is 5.26 Å². The van der Waals surface area contributed by atoms with E-state index < -0.39 is 0 Å². The number of benzene rings is 2. The highest BCUT2D eigenvalue weighted by Crippen LogP contribution is 2.28. The van der Waals surface area contributed by atoms with Crippen LogP contribution in [0.25, 0.3) is 0 Å². The minimum atomic E-state index is -0.260. The number of anilines is 2. The Morgan fingerprint density at radius 1 is 1.13 bits per heavy atom. The third kappa shape index (κ3) is 4.14. The predicted octanol–water partition coefficient (Wildman–Crippen LogP) is 2.63. The van der Waals surface area contributed by atoms with Crippen LogP contribution in [0.15, 0.2) is 42.5 Å². The normalized spacial score (nSPS) is 9.61. The molecule has 0 spiro atoms. The smallest absolute Gasteiger partial charge is 0.243 e. The average Bonchev–Trinajstić information content (AvgIpc) is 2.60. The molecule has 6 heteroatoms. The van der Waals surface area contributed by atoms with Crippen molar-refractivity contribution in [1.29, 1.82) is 5.26 Å². The van der Waals surface area contributed by atoms with Gasteiger partial charge in [0.15, 0.2) is 0 Å². The molecule has 6 nitrogen and oxygen atoms in total. The van der Waals surface area contributed by atoms with Crippen LogP contribution in [0.2, 0.25) is 0 Å². The maximum absolute atomic E-state index is 12.1. The molecule has 2 aromatic carbocycles. The van der Waals surface area contributed by atoms with Gasteiger partial charge in [0.1, 0.15) is 17.6 Å². The molecule has 0 radical (unpaired) electrons. The average molecular weight is 311 g/mol. The highest BCUT2D eigenvalue weighted by atomic mass is 16.5. The van der Waals surface area contributed by atoms with E-state index in [1.165, 1.54) is 7.11 Å². The van der Waals surface area contributed by atoms with Gasteiger partial charge in [0.05, 0.1) is 37.7 Å². The largest absolute Gasteiger partial charge is 0.497 e. The van der Waals surface area contributed by atoms with Crippen molar-refractivity contribution in [3.8, 4) is 17.6 Å². The number of ether oxygens (including phenoxy) is 2. The summed E-state index contributed by atoms with van der Waals surface area (Å²) in [7, 11) is 3.08. The number of carbonyl (C=O) groups excluding carboxylic acids is 1. The standard InChI is InChI=1S/C17H17N3O3/c1-22-13-7-8-16(23-2)15(9-13)20-17(21)11-19-14-6-4-3-5-12(14)10-18/h3-9,19H,11H2,1-2H3,(H,20,21). The van der Waals surface area contributed by atoms with Gasteiger partial charge in [-0.3, -0.25) is 4.79 Å². The summed E-state index contributed by atoms with van der Waals surface area (Å²) >= 11 is 0. The van der Waals surface area contributed by atoms with E-state index in [0.29, 0.717) is 28.4 Å². The Bertz CT molecular complexity index is 738. The quantitative estimate of drug-likeness (QED) is 0.857. The highest BCUT2D eigenvalue weighted by Gasteiger charge is 2.10. The number of carbonyl (C=O) groups is 1. The summed E-state index contributed by atoms with van der Waals surface area (Å²) in [5.74, 6) is 0.893. The van der Waals surface area contributed by atoms with Gasteiger partial charge in [-0.05, 0) is 24.3 Å². The molecule has 1 amide bonds. The second-order valence-electron chi connectivity index (χ2n) is 4.63. The summed E-state index contributed by atoms with van der Waals surface area (Å²) in [5.41, 5.74) is 1.62. The van der Waals surface area contributed by atoms with Crippen LogP contribution >= 0.6 is 0 Å². The Balaban J connectivity index is 2.04. The van der Waals surface area contributed by atoms with E-state index in [0.717, 1.165) is 0 Å². The maximum Gasteiger partial charge on any atom is 0.243 e. The number of rotatable bonds is 6. The number of hydrogen-bond acceptors (Lipinski definition) is 5. The molecule has 0 aliphatic rings. The summed E-state index contributed by atoms with van der Waals surface area (Å²) in [5, 5.41) is 14.7. The molecule has 0 heterocycles. The summed E-state index contributed by atoms with van der Waals surface area (Å²) in [6.45, 7) is 0.0268. The second kappa shape index (κ2) is 7.71. The molecule has 23 heavy (non-hydrogen) atoms. The third-order valence-corrected chi connectivity index (χ3v) is 3.17. The fourth-order valence-corrected chi connectivity index (χ4v) is 2.02. The van der Waals surface area contributed by atoms with Crippen LogP contribution in [0.5, 0.6) is 11.5 Å². The van der Waals surface area contributed by atoms with Gasteiger partial charge >= 0.3 is 0 Å². The minimum absolute atomic E-state index is 0.0268. The highest BCUT2D eigenvalue weighted by molar-refractivity contribution is 5.95. The fraction of sp³-hybridized carbons (Fsp3) is 0.176. The first-order valence-corrected chi connectivity index (χ1v) is 6.92. The topological polar surface area (TPSA) is 83.4 Å². The van der Waals surface area contributed by atoms with Crippen LogP contribution in [0.4, 0.5) is 11.4 Å². The molecule has 0 aliphatic carbocycles. The number of hydrogen-bond donors (Lipinski definition) is 2. The van der Waals surface area contributed by atoms with Gasteiger partial charge in [0.2, 0.25) is 5.91 Å². The lowest BCUT2D eigenvalue weighted by Gasteiger charge is -2.12. The van der Waals surface area contributed by atoms with Gasteiger partial charge in [-0.1, -0.05) is 12.1 Å². The zero-order valence-corrected chi connectivity index (χ0v) is 12.9. The van der Waals surface area contributed by atoms with E-state index in [4.69, 9.17) is 14.7 Å². The monoisotopic (exact) mass is 311 g/mol. The van der Waals surface area contributed by atoms with E-state index in [1.54, 1.807) is 49.6 Å². The molecule has 0 unspecified atom stereocenters. The van der Waals surface area contributed by atoms with Gasteiger partial charge in [-0.25, -0.2) is 0 Å². The SMILES string of the molecule is COc1ccc(OC)c(NC(=O)CNc2ccccc2C#N)c1. The zero-order chi connectivity index (χ0) is 16.7. The summed E-state index contributed by atoms with van der Waals surface area (Å²) in [6, 6.07) is 14.2. The van der Waals surface area contributed by atoms with Crippen LogP contribution in [-0.2, 0) is 4.79 Å². The summed E-state index contributed by atoms with van der Waals surface area (Å²) < 4.78 is 10.3. The van der Waals surface area contributed by atoms with Crippen molar-refractivity contribution >= 4 is 17.3 Å². The summed E-state index contributed by atoms with van der Waals surface area (Å²) in [4.78, 5) is 12.1. The number of nitrogens with one attached hydrogen (secondary N) is 2. The first-order valence-electron chi connectivity index (χ1n) is 6.92. The first kappa shape index (κ1) is 16.2. The van der Waals surface area contributed by atoms with Gasteiger partial charge in [0, 0.05) is 6.07 Å². The van der Waals surface area contributed by atoms with Crippen molar-refractivity contribution in [3.05, 3.63) is 48.0 Å². The Hall–Kier alpha value is -3.20. The van der Waals surface area contributed by atoms with E-state index in [-0.39, 0.29) is 12.5 Å². The minimum Gasteiger partial charge on any atom is -0.497 e. The maximum atomic E-state index is 12.1. The molecule has 0 fully saturated rings. The lowest BCUT2D eigenvalue weighted by molar-refractivity contribution is -0.114. The van der Waals surface area contributed by atoms with Gasteiger partial charge in [0.25, 0.3) is 0 Å². The predicted molar refractivity (Wildman–Crippen MR) is 87.8 cm³/mol. The van der Waals surface area contributed by atoms with Crippen LogP contribution < -0.4 is 20.1 Å². The molecule has 0 bridgehead atoms. The summed E-state index contributed by atoms with van der Waals surface area (Å²) in [6.07, 6.45) is 0.